The average molecular weight is 419 g/mol. The first-order chi connectivity index (χ1) is 14.3. The highest BCUT2D eigenvalue weighted by atomic mass is 35.5. The predicted molar refractivity (Wildman–Crippen MR) is 123 cm³/mol. The van der Waals surface area contributed by atoms with Crippen LogP contribution in [0.1, 0.15) is 35.3 Å². The molecule has 2 heterocycles. The highest BCUT2D eigenvalue weighted by Crippen LogP contribution is 2.33. The van der Waals surface area contributed by atoms with Crippen LogP contribution < -0.4 is 10.7 Å². The summed E-state index contributed by atoms with van der Waals surface area (Å²) in [5, 5.41) is 4.41. The van der Waals surface area contributed by atoms with Gasteiger partial charge in [-0.15, -0.1) is 0 Å². The van der Waals surface area contributed by atoms with Crippen LogP contribution in [0.4, 0.5) is 5.69 Å². The zero-order valence-corrected chi connectivity index (χ0v) is 18.2. The number of aromatic nitrogens is 1. The van der Waals surface area contributed by atoms with Crippen LogP contribution in [0.2, 0.25) is 5.15 Å². The summed E-state index contributed by atoms with van der Waals surface area (Å²) in [4.78, 5) is 17.5. The highest BCUT2D eigenvalue weighted by molar-refractivity contribution is 6.32. The van der Waals surface area contributed by atoms with E-state index in [-0.39, 0.29) is 11.5 Å². The van der Waals surface area contributed by atoms with Crippen molar-refractivity contribution in [1.29, 1.82) is 0 Å². The number of fused-ring (bicyclic) bond motifs is 1. The largest absolute Gasteiger partial charge is 0.455 e. The number of anilines is 1. The Morgan fingerprint density at radius 1 is 1.03 bits per heavy atom. The van der Waals surface area contributed by atoms with Gasteiger partial charge in [-0.1, -0.05) is 48.0 Å². The summed E-state index contributed by atoms with van der Waals surface area (Å²) in [6.45, 7) is 7.71. The molecule has 152 valence electrons. The normalized spacial score (nSPS) is 12.2. The third-order valence-corrected chi connectivity index (χ3v) is 5.54. The highest BCUT2D eigenvalue weighted by Gasteiger charge is 2.19. The number of pyridine rings is 1. The fraction of sp³-hybridized carbons (Fsp3) is 0.200. The summed E-state index contributed by atoms with van der Waals surface area (Å²) in [6.07, 6.45) is 0. The standard InChI is InChI=1S/C25H23ClN2O2/c1-14-12-19(17(4)28-21-11-10-15(2)27-25(21)26)24-20(13-14)22(29)16(3)23(30-24)18-8-6-5-7-9-18/h5-13,17,28H,1-4H3/t17-/m1/s1. The van der Waals surface area contributed by atoms with E-state index in [1.807, 2.05) is 82.3 Å². The average Bonchev–Trinajstić information content (AvgIpc) is 2.73. The minimum absolute atomic E-state index is 0.0118. The predicted octanol–water partition coefficient (Wildman–Crippen LogP) is 6.61. The molecular formula is C25H23ClN2O2. The Morgan fingerprint density at radius 2 is 1.77 bits per heavy atom. The molecule has 2 aromatic carbocycles. The number of rotatable bonds is 4. The monoisotopic (exact) mass is 418 g/mol. The third-order valence-electron chi connectivity index (χ3n) is 5.25. The maximum atomic E-state index is 13.2. The van der Waals surface area contributed by atoms with Crippen molar-refractivity contribution in [3.8, 4) is 11.3 Å². The second kappa shape index (κ2) is 7.96. The molecule has 0 bridgehead atoms. The Hall–Kier alpha value is -3.11. The molecule has 0 radical (unpaired) electrons. The fourth-order valence-electron chi connectivity index (χ4n) is 3.70. The molecule has 0 saturated heterocycles. The van der Waals surface area contributed by atoms with Crippen molar-refractivity contribution in [3.63, 3.8) is 0 Å². The van der Waals surface area contributed by atoms with Gasteiger partial charge in [-0.05, 0) is 51.5 Å². The summed E-state index contributed by atoms with van der Waals surface area (Å²) >= 11 is 6.31. The molecule has 0 aliphatic carbocycles. The third kappa shape index (κ3) is 3.71. The number of halogens is 1. The minimum Gasteiger partial charge on any atom is -0.455 e. The van der Waals surface area contributed by atoms with Crippen LogP contribution in [0.15, 0.2) is 63.8 Å². The van der Waals surface area contributed by atoms with Crippen LogP contribution in [0, 0.1) is 20.8 Å². The van der Waals surface area contributed by atoms with Gasteiger partial charge in [0.2, 0.25) is 0 Å². The van der Waals surface area contributed by atoms with E-state index in [4.69, 9.17) is 16.0 Å². The van der Waals surface area contributed by atoms with Crippen molar-refractivity contribution in [2.24, 2.45) is 0 Å². The van der Waals surface area contributed by atoms with Crippen molar-refractivity contribution in [3.05, 3.63) is 92.4 Å². The number of hydrogen-bond donors (Lipinski definition) is 1. The van der Waals surface area contributed by atoms with Gasteiger partial charge in [0.05, 0.1) is 17.1 Å². The molecule has 2 aromatic heterocycles. The molecule has 0 aliphatic rings. The van der Waals surface area contributed by atoms with E-state index in [9.17, 15) is 4.79 Å². The Morgan fingerprint density at radius 3 is 2.47 bits per heavy atom. The van der Waals surface area contributed by atoms with Gasteiger partial charge < -0.3 is 9.73 Å². The zero-order chi connectivity index (χ0) is 21.4. The second-order valence-electron chi connectivity index (χ2n) is 7.64. The van der Waals surface area contributed by atoms with Crippen LogP contribution in [0.25, 0.3) is 22.3 Å². The van der Waals surface area contributed by atoms with Crippen LogP contribution in [0.3, 0.4) is 0 Å². The van der Waals surface area contributed by atoms with Crippen molar-refractivity contribution in [2.45, 2.75) is 33.7 Å². The number of hydrogen-bond acceptors (Lipinski definition) is 4. The molecule has 1 atom stereocenters. The Kier molecular flexibility index (Phi) is 5.35. The molecule has 5 heteroatoms. The molecule has 4 nitrogen and oxygen atoms in total. The van der Waals surface area contributed by atoms with Gasteiger partial charge in [0.15, 0.2) is 10.6 Å². The molecular weight excluding hydrogens is 396 g/mol. The topological polar surface area (TPSA) is 55.1 Å². The van der Waals surface area contributed by atoms with Gasteiger partial charge in [-0.2, -0.15) is 0 Å². The van der Waals surface area contributed by atoms with Gasteiger partial charge in [-0.25, -0.2) is 4.98 Å². The van der Waals surface area contributed by atoms with Crippen molar-refractivity contribution in [1.82, 2.24) is 4.98 Å². The van der Waals surface area contributed by atoms with Gasteiger partial charge in [0.1, 0.15) is 11.3 Å². The van der Waals surface area contributed by atoms with Crippen LogP contribution >= 0.6 is 11.6 Å². The fourth-order valence-corrected chi connectivity index (χ4v) is 3.95. The van der Waals surface area contributed by atoms with E-state index >= 15 is 0 Å². The lowest BCUT2D eigenvalue weighted by Crippen LogP contribution is -2.12. The molecule has 4 rings (SSSR count). The molecule has 0 amide bonds. The number of aryl methyl sites for hydroxylation is 2. The first-order valence-electron chi connectivity index (χ1n) is 9.88. The maximum absolute atomic E-state index is 13.2. The molecule has 0 aliphatic heterocycles. The van der Waals surface area contributed by atoms with Gasteiger partial charge in [-0.3, -0.25) is 4.79 Å². The number of nitrogens with zero attached hydrogens (tertiary/aromatic N) is 1. The summed E-state index contributed by atoms with van der Waals surface area (Å²) in [5.74, 6) is 0.598. The van der Waals surface area contributed by atoms with E-state index < -0.39 is 0 Å². The lowest BCUT2D eigenvalue weighted by Gasteiger charge is -2.19. The van der Waals surface area contributed by atoms with Crippen LogP contribution in [0.5, 0.6) is 0 Å². The molecule has 1 N–H and O–H groups in total. The van der Waals surface area contributed by atoms with E-state index in [2.05, 4.69) is 10.3 Å². The molecule has 0 spiro atoms. The first-order valence-corrected chi connectivity index (χ1v) is 10.3. The lowest BCUT2D eigenvalue weighted by atomic mass is 9.99. The van der Waals surface area contributed by atoms with Gasteiger partial charge in [0.25, 0.3) is 0 Å². The summed E-state index contributed by atoms with van der Waals surface area (Å²) < 4.78 is 6.37. The van der Waals surface area contributed by atoms with Gasteiger partial charge >= 0.3 is 0 Å². The first kappa shape index (κ1) is 20.2. The lowest BCUT2D eigenvalue weighted by molar-refractivity contribution is 0.605. The SMILES string of the molecule is Cc1cc([C@@H](C)Nc2ccc(C)nc2Cl)c2oc(-c3ccccc3)c(C)c(=O)c2c1. The molecule has 0 fully saturated rings. The van der Waals surface area contributed by atoms with E-state index in [1.165, 1.54) is 0 Å². The quantitative estimate of drug-likeness (QED) is 0.379. The molecule has 0 unspecified atom stereocenters. The molecule has 30 heavy (non-hydrogen) atoms. The molecule has 0 saturated carbocycles. The van der Waals surface area contributed by atoms with Crippen LogP contribution in [-0.2, 0) is 0 Å². The van der Waals surface area contributed by atoms with E-state index in [0.29, 0.717) is 27.4 Å². The van der Waals surface area contributed by atoms with Crippen molar-refractivity contribution >= 4 is 28.3 Å². The maximum Gasteiger partial charge on any atom is 0.196 e. The number of nitrogens with one attached hydrogen (secondary N) is 1. The smallest absolute Gasteiger partial charge is 0.196 e. The van der Waals surface area contributed by atoms with Crippen LogP contribution in [-0.4, -0.2) is 4.98 Å². The Labute approximate surface area is 180 Å². The molecule has 4 aromatic rings. The van der Waals surface area contributed by atoms with Crippen molar-refractivity contribution in [2.75, 3.05) is 5.32 Å². The Balaban J connectivity index is 1.89. The van der Waals surface area contributed by atoms with Gasteiger partial charge in [0, 0.05) is 22.4 Å². The Bertz CT molecular complexity index is 1300. The summed E-state index contributed by atoms with van der Waals surface area (Å²) in [5.41, 5.74) is 5.56. The summed E-state index contributed by atoms with van der Waals surface area (Å²) in [6, 6.07) is 17.3. The zero-order valence-electron chi connectivity index (χ0n) is 17.4. The van der Waals surface area contributed by atoms with E-state index in [0.717, 1.165) is 28.1 Å². The number of benzene rings is 2. The van der Waals surface area contributed by atoms with E-state index in [1.54, 1.807) is 0 Å². The second-order valence-corrected chi connectivity index (χ2v) is 8.00. The minimum atomic E-state index is -0.149. The summed E-state index contributed by atoms with van der Waals surface area (Å²) in [7, 11) is 0. The van der Waals surface area contributed by atoms with Crippen molar-refractivity contribution < 1.29 is 4.42 Å².